The van der Waals surface area contributed by atoms with E-state index in [1.54, 1.807) is 12.1 Å². The fraction of sp³-hybridized carbons (Fsp3) is 0.0385. The number of azo groups is 1. The first-order chi connectivity index (χ1) is 17.5. The van der Waals surface area contributed by atoms with Crippen LogP contribution in [-0.2, 0) is 10.0 Å². The number of hydrogen-bond donors (Lipinski definition) is 1. The van der Waals surface area contributed by atoms with Crippen molar-refractivity contribution in [2.45, 2.75) is 11.8 Å². The van der Waals surface area contributed by atoms with Crippen LogP contribution in [0.2, 0.25) is 0 Å². The Labute approximate surface area is 208 Å². The van der Waals surface area contributed by atoms with Gasteiger partial charge in [0.2, 0.25) is 0 Å². The third-order valence-corrected chi connectivity index (χ3v) is 6.76. The average molecular weight is 496 g/mol. The molecule has 0 saturated carbocycles. The fourth-order valence-corrected chi connectivity index (χ4v) is 4.62. The minimum atomic E-state index is -3.79. The molecule has 2 aromatic heterocycles. The van der Waals surface area contributed by atoms with Crippen LogP contribution in [0.15, 0.2) is 119 Å². The van der Waals surface area contributed by atoms with Gasteiger partial charge in [0, 0.05) is 5.56 Å². The summed E-state index contributed by atoms with van der Waals surface area (Å²) in [6, 6.07) is 25.7. The van der Waals surface area contributed by atoms with Gasteiger partial charge in [-0.15, -0.1) is 5.11 Å². The molecule has 0 aliphatic carbocycles. The lowest BCUT2D eigenvalue weighted by molar-refractivity contribution is 0.601. The monoisotopic (exact) mass is 495 g/mol. The summed E-state index contributed by atoms with van der Waals surface area (Å²) >= 11 is 0. The molecule has 0 spiro atoms. The quantitative estimate of drug-likeness (QED) is 0.284. The number of rotatable bonds is 7. The van der Waals surface area contributed by atoms with Gasteiger partial charge in [-0.2, -0.15) is 10.2 Å². The van der Waals surface area contributed by atoms with Crippen molar-refractivity contribution in [3.05, 3.63) is 109 Å². The van der Waals surface area contributed by atoms with Gasteiger partial charge in [0.15, 0.2) is 0 Å². The summed E-state index contributed by atoms with van der Waals surface area (Å²) in [6.07, 6.45) is 4.09. The van der Waals surface area contributed by atoms with E-state index in [-0.39, 0.29) is 10.6 Å². The molecule has 5 rings (SSSR count). The summed E-state index contributed by atoms with van der Waals surface area (Å²) in [6.45, 7) is 1.94. The number of para-hydroxylation sites is 1. The van der Waals surface area contributed by atoms with E-state index in [1.165, 1.54) is 30.9 Å². The molecule has 0 aliphatic rings. The number of nitrogens with one attached hydrogen (secondary N) is 1. The molecule has 0 amide bonds. The molecule has 1 N–H and O–H groups in total. The van der Waals surface area contributed by atoms with Gasteiger partial charge in [0.25, 0.3) is 10.0 Å². The standard InChI is InChI=1S/C26H21N7O2S/c1-19-25(26(20-8-4-2-5-9-20)31-33(19)23-10-6-3-7-11-23)30-29-21-12-14-24(15-13-21)36(34,35)32-22-16-27-18-28-17-22/h2-18,32H,1H3. The number of hydrogen-bond acceptors (Lipinski definition) is 7. The molecule has 5 aromatic rings. The van der Waals surface area contributed by atoms with Crippen LogP contribution in [-0.4, -0.2) is 28.2 Å². The van der Waals surface area contributed by atoms with Crippen molar-refractivity contribution in [3.63, 3.8) is 0 Å². The van der Waals surface area contributed by atoms with Gasteiger partial charge in [-0.3, -0.25) is 4.72 Å². The number of anilines is 1. The van der Waals surface area contributed by atoms with E-state index in [9.17, 15) is 8.42 Å². The highest BCUT2D eigenvalue weighted by Crippen LogP contribution is 2.35. The van der Waals surface area contributed by atoms with Gasteiger partial charge in [-0.1, -0.05) is 48.5 Å². The largest absolute Gasteiger partial charge is 0.276 e. The van der Waals surface area contributed by atoms with Crippen LogP contribution in [0.25, 0.3) is 16.9 Å². The number of sulfonamides is 1. The van der Waals surface area contributed by atoms with Crippen LogP contribution in [0.3, 0.4) is 0 Å². The SMILES string of the molecule is Cc1c(N=Nc2ccc(S(=O)(=O)Nc3cncnc3)cc2)c(-c2ccccc2)nn1-c1ccccc1. The van der Waals surface area contributed by atoms with E-state index >= 15 is 0 Å². The molecular formula is C26H21N7O2S. The Morgan fingerprint density at radius 1 is 0.806 bits per heavy atom. The van der Waals surface area contributed by atoms with Gasteiger partial charge < -0.3 is 0 Å². The average Bonchev–Trinajstić information content (AvgIpc) is 3.25. The molecule has 36 heavy (non-hydrogen) atoms. The molecule has 3 aromatic carbocycles. The van der Waals surface area contributed by atoms with E-state index in [1.807, 2.05) is 72.3 Å². The van der Waals surface area contributed by atoms with Gasteiger partial charge in [0.05, 0.1) is 40.0 Å². The Morgan fingerprint density at radius 3 is 2.11 bits per heavy atom. The van der Waals surface area contributed by atoms with Gasteiger partial charge in [-0.25, -0.2) is 23.1 Å². The van der Waals surface area contributed by atoms with Crippen LogP contribution in [0.1, 0.15) is 5.69 Å². The van der Waals surface area contributed by atoms with E-state index in [0.717, 1.165) is 16.9 Å². The second-order valence-electron chi connectivity index (χ2n) is 7.82. The lowest BCUT2D eigenvalue weighted by Crippen LogP contribution is -2.13. The molecule has 2 heterocycles. The molecular weight excluding hydrogens is 474 g/mol. The first kappa shape index (κ1) is 23.1. The molecule has 0 unspecified atom stereocenters. The van der Waals surface area contributed by atoms with Crippen molar-refractivity contribution < 1.29 is 8.42 Å². The van der Waals surface area contributed by atoms with Crippen molar-refractivity contribution in [1.82, 2.24) is 19.7 Å². The third-order valence-electron chi connectivity index (χ3n) is 5.36. The normalized spacial score (nSPS) is 11.6. The predicted octanol–water partition coefficient (Wildman–Crippen LogP) is 5.85. The molecule has 10 heteroatoms. The zero-order chi connectivity index (χ0) is 25.0. The minimum Gasteiger partial charge on any atom is -0.276 e. The summed E-state index contributed by atoms with van der Waals surface area (Å²) in [5.74, 6) is 0. The van der Waals surface area contributed by atoms with Crippen molar-refractivity contribution in [2.75, 3.05) is 4.72 Å². The molecule has 178 valence electrons. The summed E-state index contributed by atoms with van der Waals surface area (Å²) in [5, 5.41) is 13.7. The molecule has 0 saturated heterocycles. The molecule has 0 aliphatic heterocycles. The van der Waals surface area contributed by atoms with Crippen molar-refractivity contribution in [3.8, 4) is 16.9 Å². The molecule has 0 bridgehead atoms. The number of benzene rings is 3. The zero-order valence-electron chi connectivity index (χ0n) is 19.2. The maximum Gasteiger partial charge on any atom is 0.261 e. The lowest BCUT2D eigenvalue weighted by Gasteiger charge is -2.07. The zero-order valence-corrected chi connectivity index (χ0v) is 20.0. The van der Waals surface area contributed by atoms with Crippen LogP contribution in [0, 0.1) is 6.92 Å². The van der Waals surface area contributed by atoms with Crippen LogP contribution < -0.4 is 4.72 Å². The first-order valence-corrected chi connectivity index (χ1v) is 12.5. The molecule has 0 radical (unpaired) electrons. The topological polar surface area (TPSA) is 114 Å². The Hall–Kier alpha value is -4.70. The predicted molar refractivity (Wildman–Crippen MR) is 137 cm³/mol. The maximum absolute atomic E-state index is 12.6. The summed E-state index contributed by atoms with van der Waals surface area (Å²) in [7, 11) is -3.79. The van der Waals surface area contributed by atoms with E-state index in [0.29, 0.717) is 17.1 Å². The highest BCUT2D eigenvalue weighted by Gasteiger charge is 2.18. The maximum atomic E-state index is 12.6. The van der Waals surface area contributed by atoms with Crippen LogP contribution in [0.4, 0.5) is 17.1 Å². The molecule has 0 fully saturated rings. The Bertz CT molecular complexity index is 1600. The third kappa shape index (κ3) is 4.89. The highest BCUT2D eigenvalue weighted by atomic mass is 32.2. The smallest absolute Gasteiger partial charge is 0.261 e. The van der Waals surface area contributed by atoms with Crippen molar-refractivity contribution in [2.24, 2.45) is 10.2 Å². The highest BCUT2D eigenvalue weighted by molar-refractivity contribution is 7.92. The Kier molecular flexibility index (Phi) is 6.33. The van der Waals surface area contributed by atoms with Gasteiger partial charge in [0.1, 0.15) is 17.7 Å². The number of aromatic nitrogens is 4. The number of nitrogens with zero attached hydrogens (tertiary/aromatic N) is 6. The van der Waals surface area contributed by atoms with Crippen LogP contribution >= 0.6 is 0 Å². The minimum absolute atomic E-state index is 0.0864. The van der Waals surface area contributed by atoms with E-state index in [2.05, 4.69) is 24.9 Å². The van der Waals surface area contributed by atoms with Crippen LogP contribution in [0.5, 0.6) is 0 Å². The second-order valence-corrected chi connectivity index (χ2v) is 9.50. The summed E-state index contributed by atoms with van der Waals surface area (Å²) in [4.78, 5) is 7.72. The first-order valence-electron chi connectivity index (χ1n) is 11.0. The lowest BCUT2D eigenvalue weighted by atomic mass is 10.1. The van der Waals surface area contributed by atoms with Crippen molar-refractivity contribution in [1.29, 1.82) is 0 Å². The summed E-state index contributed by atoms with van der Waals surface area (Å²) < 4.78 is 29.6. The molecule has 9 nitrogen and oxygen atoms in total. The van der Waals surface area contributed by atoms with Crippen molar-refractivity contribution >= 4 is 27.1 Å². The summed E-state index contributed by atoms with van der Waals surface area (Å²) in [5.41, 5.74) is 4.78. The fourth-order valence-electron chi connectivity index (χ4n) is 3.59. The van der Waals surface area contributed by atoms with E-state index in [4.69, 9.17) is 5.10 Å². The van der Waals surface area contributed by atoms with Gasteiger partial charge >= 0.3 is 0 Å². The Morgan fingerprint density at radius 2 is 1.44 bits per heavy atom. The van der Waals surface area contributed by atoms with Gasteiger partial charge in [-0.05, 0) is 43.3 Å². The second kappa shape index (κ2) is 9.88. The van der Waals surface area contributed by atoms with E-state index < -0.39 is 10.0 Å². The molecule has 0 atom stereocenters. The Balaban J connectivity index is 1.46.